The zero-order valence-electron chi connectivity index (χ0n) is 10.9. The van der Waals surface area contributed by atoms with Gasteiger partial charge in [0.05, 0.1) is 10.6 Å². The number of benzene rings is 1. The molecule has 0 atom stereocenters. The Balaban J connectivity index is 2.60. The number of urea groups is 1. The Morgan fingerprint density at radius 1 is 1.37 bits per heavy atom. The molecule has 1 aromatic rings. The summed E-state index contributed by atoms with van der Waals surface area (Å²) in [7, 11) is 0. The minimum atomic E-state index is -1.13. The third-order valence-electron chi connectivity index (χ3n) is 2.46. The number of carbonyl (C=O) groups excluding carboxylic acids is 1. The minimum absolute atomic E-state index is 0.0401. The zero-order valence-corrected chi connectivity index (χ0v) is 11.6. The number of carboxylic acid groups (broad SMARTS) is 1. The number of amides is 2. The second-order valence-corrected chi connectivity index (χ2v) is 4.97. The van der Waals surface area contributed by atoms with Crippen LogP contribution in [0.3, 0.4) is 0 Å². The molecule has 0 aliphatic heterocycles. The molecule has 2 amide bonds. The second-order valence-electron chi connectivity index (χ2n) is 4.56. The normalized spacial score (nSPS) is 10.3. The first-order valence-electron chi connectivity index (χ1n) is 5.98. The maximum absolute atomic E-state index is 11.6. The molecule has 0 fully saturated rings. The smallest absolute Gasteiger partial charge is 0.337 e. The summed E-state index contributed by atoms with van der Waals surface area (Å²) in [5.41, 5.74) is 0.352. The zero-order chi connectivity index (χ0) is 14.4. The number of nitrogens with one attached hydrogen (secondary N) is 2. The van der Waals surface area contributed by atoms with Crippen molar-refractivity contribution in [2.75, 3.05) is 11.9 Å². The highest BCUT2D eigenvalue weighted by atomic mass is 35.5. The molecule has 0 heterocycles. The van der Waals surface area contributed by atoms with Gasteiger partial charge in [-0.1, -0.05) is 25.4 Å². The van der Waals surface area contributed by atoms with Crippen LogP contribution in [0.25, 0.3) is 0 Å². The average Bonchev–Trinajstić information content (AvgIpc) is 2.30. The Morgan fingerprint density at radius 3 is 2.63 bits per heavy atom. The molecule has 6 heteroatoms. The quantitative estimate of drug-likeness (QED) is 0.777. The van der Waals surface area contributed by atoms with E-state index in [0.29, 0.717) is 18.2 Å². The highest BCUT2D eigenvalue weighted by molar-refractivity contribution is 6.33. The first kappa shape index (κ1) is 15.3. The molecule has 0 saturated heterocycles. The van der Waals surface area contributed by atoms with E-state index in [-0.39, 0.29) is 16.6 Å². The number of halogens is 1. The van der Waals surface area contributed by atoms with Crippen LogP contribution >= 0.6 is 11.6 Å². The van der Waals surface area contributed by atoms with Crippen LogP contribution in [-0.4, -0.2) is 23.7 Å². The first-order valence-corrected chi connectivity index (χ1v) is 6.35. The fraction of sp³-hybridized carbons (Fsp3) is 0.385. The van der Waals surface area contributed by atoms with E-state index in [2.05, 4.69) is 24.5 Å². The van der Waals surface area contributed by atoms with E-state index >= 15 is 0 Å². The summed E-state index contributed by atoms with van der Waals surface area (Å²) in [6, 6.07) is 3.96. The van der Waals surface area contributed by atoms with Gasteiger partial charge in [-0.3, -0.25) is 0 Å². The number of anilines is 1. The lowest BCUT2D eigenvalue weighted by molar-refractivity contribution is 0.0697. The number of carbonyl (C=O) groups is 2. The summed E-state index contributed by atoms with van der Waals surface area (Å²) in [6.07, 6.45) is 0.883. The summed E-state index contributed by atoms with van der Waals surface area (Å²) >= 11 is 5.74. The Kier molecular flexibility index (Phi) is 5.63. The van der Waals surface area contributed by atoms with Crippen molar-refractivity contribution < 1.29 is 14.7 Å². The predicted molar refractivity (Wildman–Crippen MR) is 74.9 cm³/mol. The number of rotatable bonds is 5. The van der Waals surface area contributed by atoms with Gasteiger partial charge in [-0.25, -0.2) is 9.59 Å². The van der Waals surface area contributed by atoms with Gasteiger partial charge in [-0.15, -0.1) is 0 Å². The van der Waals surface area contributed by atoms with Crippen molar-refractivity contribution in [1.29, 1.82) is 0 Å². The molecular formula is C13H17ClN2O3. The SMILES string of the molecule is CC(C)CCNC(=O)Nc1ccc(Cl)c(C(=O)O)c1. The topological polar surface area (TPSA) is 78.4 Å². The maximum Gasteiger partial charge on any atom is 0.337 e. The summed E-state index contributed by atoms with van der Waals surface area (Å²) in [6.45, 7) is 4.71. The fourth-order valence-electron chi connectivity index (χ4n) is 1.42. The first-order chi connectivity index (χ1) is 8.90. The summed E-state index contributed by atoms with van der Waals surface area (Å²) in [5, 5.41) is 14.3. The van der Waals surface area contributed by atoms with Gasteiger partial charge in [0.2, 0.25) is 0 Å². The fourth-order valence-corrected chi connectivity index (χ4v) is 1.61. The highest BCUT2D eigenvalue weighted by Crippen LogP contribution is 2.20. The van der Waals surface area contributed by atoms with E-state index in [4.69, 9.17) is 16.7 Å². The van der Waals surface area contributed by atoms with Gasteiger partial charge in [0.25, 0.3) is 0 Å². The third kappa shape index (κ3) is 5.18. The number of hydrogen-bond acceptors (Lipinski definition) is 2. The summed E-state index contributed by atoms with van der Waals surface area (Å²) in [4.78, 5) is 22.5. The van der Waals surface area contributed by atoms with Crippen molar-refractivity contribution in [3.63, 3.8) is 0 Å². The van der Waals surface area contributed by atoms with Gasteiger partial charge in [0.15, 0.2) is 0 Å². The van der Waals surface area contributed by atoms with Gasteiger partial charge in [-0.05, 0) is 30.5 Å². The van der Waals surface area contributed by atoms with Crippen LogP contribution in [0.4, 0.5) is 10.5 Å². The minimum Gasteiger partial charge on any atom is -0.478 e. The lowest BCUT2D eigenvalue weighted by atomic mass is 10.1. The molecule has 1 rings (SSSR count). The van der Waals surface area contributed by atoms with Crippen LogP contribution in [0.1, 0.15) is 30.6 Å². The van der Waals surface area contributed by atoms with Crippen LogP contribution in [-0.2, 0) is 0 Å². The van der Waals surface area contributed by atoms with Crippen molar-refractivity contribution in [3.05, 3.63) is 28.8 Å². The van der Waals surface area contributed by atoms with Crippen molar-refractivity contribution in [2.45, 2.75) is 20.3 Å². The van der Waals surface area contributed by atoms with Crippen LogP contribution in [0, 0.1) is 5.92 Å². The van der Waals surface area contributed by atoms with Gasteiger partial charge in [0, 0.05) is 12.2 Å². The Hall–Kier alpha value is -1.75. The molecule has 0 spiro atoms. The molecule has 104 valence electrons. The average molecular weight is 285 g/mol. The maximum atomic E-state index is 11.6. The molecule has 0 aliphatic rings. The van der Waals surface area contributed by atoms with E-state index in [9.17, 15) is 9.59 Å². The molecule has 0 aliphatic carbocycles. The van der Waals surface area contributed by atoms with Gasteiger partial charge >= 0.3 is 12.0 Å². The third-order valence-corrected chi connectivity index (χ3v) is 2.79. The Bertz CT molecular complexity index is 475. The lowest BCUT2D eigenvalue weighted by Crippen LogP contribution is -2.30. The van der Waals surface area contributed by atoms with Crippen molar-refractivity contribution in [1.82, 2.24) is 5.32 Å². The molecule has 0 aromatic heterocycles. The molecular weight excluding hydrogens is 268 g/mol. The standard InChI is InChI=1S/C13H17ClN2O3/c1-8(2)5-6-15-13(19)16-9-3-4-11(14)10(7-9)12(17)18/h3-4,7-8H,5-6H2,1-2H3,(H,17,18)(H2,15,16,19). The molecule has 5 nitrogen and oxygen atoms in total. The van der Waals surface area contributed by atoms with Crippen molar-refractivity contribution >= 4 is 29.3 Å². The van der Waals surface area contributed by atoms with Crippen LogP contribution in [0.5, 0.6) is 0 Å². The summed E-state index contributed by atoms with van der Waals surface area (Å²) < 4.78 is 0. The van der Waals surface area contributed by atoms with Crippen LogP contribution < -0.4 is 10.6 Å². The monoisotopic (exact) mass is 284 g/mol. The molecule has 0 radical (unpaired) electrons. The molecule has 1 aromatic carbocycles. The molecule has 0 bridgehead atoms. The molecule has 0 saturated carbocycles. The second kappa shape index (κ2) is 6.99. The number of carboxylic acids is 1. The highest BCUT2D eigenvalue weighted by Gasteiger charge is 2.10. The van der Waals surface area contributed by atoms with Gasteiger partial charge in [-0.2, -0.15) is 0 Å². The Labute approximate surface area is 117 Å². The van der Waals surface area contributed by atoms with Gasteiger partial charge in [0.1, 0.15) is 0 Å². The largest absolute Gasteiger partial charge is 0.478 e. The van der Waals surface area contributed by atoms with E-state index in [0.717, 1.165) is 6.42 Å². The van der Waals surface area contributed by atoms with Crippen LogP contribution in [0.15, 0.2) is 18.2 Å². The van der Waals surface area contributed by atoms with E-state index < -0.39 is 5.97 Å². The molecule has 19 heavy (non-hydrogen) atoms. The molecule has 0 unspecified atom stereocenters. The van der Waals surface area contributed by atoms with Crippen molar-refractivity contribution in [2.24, 2.45) is 5.92 Å². The van der Waals surface area contributed by atoms with E-state index in [1.807, 2.05) is 0 Å². The van der Waals surface area contributed by atoms with Crippen molar-refractivity contribution in [3.8, 4) is 0 Å². The molecule has 3 N–H and O–H groups in total. The lowest BCUT2D eigenvalue weighted by Gasteiger charge is -2.09. The summed E-state index contributed by atoms with van der Waals surface area (Å²) in [5.74, 6) is -0.622. The van der Waals surface area contributed by atoms with Crippen LogP contribution in [0.2, 0.25) is 5.02 Å². The number of hydrogen-bond donors (Lipinski definition) is 3. The predicted octanol–water partition coefficient (Wildman–Crippen LogP) is 3.21. The van der Waals surface area contributed by atoms with E-state index in [1.165, 1.54) is 12.1 Å². The number of aromatic carboxylic acids is 1. The van der Waals surface area contributed by atoms with Gasteiger partial charge < -0.3 is 15.7 Å². The van der Waals surface area contributed by atoms with E-state index in [1.54, 1.807) is 6.07 Å². The Morgan fingerprint density at radius 2 is 2.05 bits per heavy atom.